The minimum atomic E-state index is -0.729. The molecule has 1 saturated carbocycles. The number of carbonyl (C=O) groups is 3. The molecule has 0 radical (unpaired) electrons. The van der Waals surface area contributed by atoms with E-state index >= 15 is 0 Å². The number of esters is 1. The fourth-order valence-electron chi connectivity index (χ4n) is 4.39. The first kappa shape index (κ1) is 15.3. The SMILES string of the molecule is CC(=O)O[C@@H]1OC[C@H]2CC[C@H]3C(=O)N(c4ccccc4)C(=O)[C@H]3[C@H]21. The van der Waals surface area contributed by atoms with Crippen molar-refractivity contribution in [2.24, 2.45) is 23.7 Å². The number of rotatable bonds is 2. The van der Waals surface area contributed by atoms with Crippen molar-refractivity contribution in [1.29, 1.82) is 0 Å². The van der Waals surface area contributed by atoms with Crippen LogP contribution in [0.4, 0.5) is 5.69 Å². The molecule has 2 heterocycles. The van der Waals surface area contributed by atoms with Gasteiger partial charge < -0.3 is 9.47 Å². The van der Waals surface area contributed by atoms with E-state index in [9.17, 15) is 14.4 Å². The van der Waals surface area contributed by atoms with Gasteiger partial charge in [-0.25, -0.2) is 0 Å². The molecule has 0 bridgehead atoms. The van der Waals surface area contributed by atoms with Crippen molar-refractivity contribution in [3.8, 4) is 0 Å². The minimum absolute atomic E-state index is 0.150. The highest BCUT2D eigenvalue weighted by Gasteiger charge is 2.60. The van der Waals surface area contributed by atoms with Gasteiger partial charge in [-0.05, 0) is 30.9 Å². The van der Waals surface area contributed by atoms with Crippen LogP contribution in [0.5, 0.6) is 0 Å². The van der Waals surface area contributed by atoms with Crippen LogP contribution in [0, 0.1) is 23.7 Å². The van der Waals surface area contributed by atoms with E-state index in [1.165, 1.54) is 11.8 Å². The molecule has 2 amide bonds. The molecule has 3 fully saturated rings. The number of nitrogens with zero attached hydrogens (tertiary/aromatic N) is 1. The molecule has 5 atom stereocenters. The molecule has 2 aliphatic heterocycles. The summed E-state index contributed by atoms with van der Waals surface area (Å²) in [7, 11) is 0. The van der Waals surface area contributed by atoms with Crippen molar-refractivity contribution in [2.75, 3.05) is 11.5 Å². The minimum Gasteiger partial charge on any atom is -0.436 e. The third-order valence-corrected chi connectivity index (χ3v) is 5.37. The average molecular weight is 329 g/mol. The van der Waals surface area contributed by atoms with Gasteiger partial charge in [-0.2, -0.15) is 0 Å². The predicted molar refractivity (Wildman–Crippen MR) is 83.6 cm³/mol. The molecule has 0 unspecified atom stereocenters. The first-order chi connectivity index (χ1) is 11.6. The summed E-state index contributed by atoms with van der Waals surface area (Å²) in [5.74, 6) is -1.68. The van der Waals surface area contributed by atoms with Crippen molar-refractivity contribution in [3.63, 3.8) is 0 Å². The van der Waals surface area contributed by atoms with Gasteiger partial charge in [0.25, 0.3) is 0 Å². The van der Waals surface area contributed by atoms with Crippen molar-refractivity contribution < 1.29 is 23.9 Å². The quantitative estimate of drug-likeness (QED) is 0.610. The van der Waals surface area contributed by atoms with Crippen LogP contribution in [0.15, 0.2) is 30.3 Å². The van der Waals surface area contributed by atoms with Crippen LogP contribution in [0.25, 0.3) is 0 Å². The highest BCUT2D eigenvalue weighted by Crippen LogP contribution is 2.50. The predicted octanol–water partition coefficient (Wildman–Crippen LogP) is 1.74. The second-order valence-corrected chi connectivity index (χ2v) is 6.71. The Balaban J connectivity index is 1.67. The summed E-state index contributed by atoms with van der Waals surface area (Å²) in [4.78, 5) is 38.5. The smallest absolute Gasteiger partial charge is 0.304 e. The van der Waals surface area contributed by atoms with Gasteiger partial charge in [0.1, 0.15) is 0 Å². The Morgan fingerprint density at radius 1 is 1.17 bits per heavy atom. The molecule has 1 aliphatic carbocycles. The molecule has 24 heavy (non-hydrogen) atoms. The lowest BCUT2D eigenvalue weighted by Crippen LogP contribution is -2.41. The average Bonchev–Trinajstić information content (AvgIpc) is 3.07. The number of carbonyl (C=O) groups excluding carboxylic acids is 3. The zero-order valence-corrected chi connectivity index (χ0v) is 13.4. The largest absolute Gasteiger partial charge is 0.436 e. The van der Waals surface area contributed by atoms with Crippen molar-refractivity contribution in [1.82, 2.24) is 0 Å². The summed E-state index contributed by atoms with van der Waals surface area (Å²) in [6, 6.07) is 8.99. The van der Waals surface area contributed by atoms with Crippen LogP contribution in [0.1, 0.15) is 19.8 Å². The Hall–Kier alpha value is -2.21. The summed E-state index contributed by atoms with van der Waals surface area (Å²) in [6.45, 7) is 1.80. The first-order valence-electron chi connectivity index (χ1n) is 8.29. The van der Waals surface area contributed by atoms with Gasteiger partial charge in [-0.1, -0.05) is 18.2 Å². The first-order valence-corrected chi connectivity index (χ1v) is 8.29. The van der Waals surface area contributed by atoms with Gasteiger partial charge in [0.15, 0.2) is 0 Å². The maximum absolute atomic E-state index is 13.0. The molecular formula is C18H19NO5. The number of hydrogen-bond acceptors (Lipinski definition) is 5. The van der Waals surface area contributed by atoms with E-state index in [0.29, 0.717) is 18.7 Å². The normalized spacial score (nSPS) is 34.9. The summed E-state index contributed by atoms with van der Waals surface area (Å²) < 4.78 is 10.9. The highest BCUT2D eigenvalue weighted by molar-refractivity contribution is 6.22. The molecule has 6 heteroatoms. The third kappa shape index (κ3) is 2.24. The number of fused-ring (bicyclic) bond motifs is 3. The monoisotopic (exact) mass is 329 g/mol. The zero-order valence-electron chi connectivity index (χ0n) is 13.4. The number of anilines is 1. The summed E-state index contributed by atoms with van der Waals surface area (Å²) in [6.07, 6.45) is 0.758. The fraction of sp³-hybridized carbons (Fsp3) is 0.500. The molecule has 0 aromatic heterocycles. The van der Waals surface area contributed by atoms with E-state index in [4.69, 9.17) is 9.47 Å². The van der Waals surface area contributed by atoms with Crippen LogP contribution in [-0.4, -0.2) is 30.7 Å². The Labute approximate surface area is 139 Å². The Bertz CT molecular complexity index is 688. The number of ether oxygens (including phenoxy) is 2. The van der Waals surface area contributed by atoms with E-state index in [2.05, 4.69) is 0 Å². The number of para-hydroxylation sites is 1. The number of amides is 2. The Morgan fingerprint density at radius 3 is 2.62 bits per heavy atom. The molecule has 0 spiro atoms. The van der Waals surface area contributed by atoms with E-state index in [-0.39, 0.29) is 29.6 Å². The van der Waals surface area contributed by atoms with Gasteiger partial charge in [-0.15, -0.1) is 0 Å². The summed E-state index contributed by atoms with van der Waals surface area (Å²) >= 11 is 0. The molecule has 1 aromatic rings. The summed E-state index contributed by atoms with van der Waals surface area (Å²) in [5, 5.41) is 0. The lowest BCUT2D eigenvalue weighted by atomic mass is 9.68. The van der Waals surface area contributed by atoms with Crippen LogP contribution < -0.4 is 4.90 Å². The molecular weight excluding hydrogens is 310 g/mol. The fourth-order valence-corrected chi connectivity index (χ4v) is 4.39. The lowest BCUT2D eigenvalue weighted by molar-refractivity contribution is -0.178. The van der Waals surface area contributed by atoms with Gasteiger partial charge in [0.2, 0.25) is 18.1 Å². The molecule has 1 aromatic carbocycles. The Morgan fingerprint density at radius 2 is 1.92 bits per heavy atom. The Kier molecular flexibility index (Phi) is 3.64. The maximum atomic E-state index is 13.0. The van der Waals surface area contributed by atoms with E-state index in [0.717, 1.165) is 6.42 Å². The zero-order chi connectivity index (χ0) is 16.8. The highest BCUT2D eigenvalue weighted by atomic mass is 16.7. The molecule has 6 nitrogen and oxygen atoms in total. The molecule has 0 N–H and O–H groups in total. The van der Waals surface area contributed by atoms with E-state index < -0.39 is 18.2 Å². The van der Waals surface area contributed by atoms with Crippen molar-refractivity contribution in [2.45, 2.75) is 26.1 Å². The van der Waals surface area contributed by atoms with E-state index in [1.807, 2.05) is 6.07 Å². The van der Waals surface area contributed by atoms with Gasteiger partial charge >= 0.3 is 5.97 Å². The maximum Gasteiger partial charge on any atom is 0.304 e. The van der Waals surface area contributed by atoms with Gasteiger partial charge in [0.05, 0.1) is 24.1 Å². The topological polar surface area (TPSA) is 72.9 Å². The van der Waals surface area contributed by atoms with Crippen molar-refractivity contribution in [3.05, 3.63) is 30.3 Å². The number of benzene rings is 1. The number of hydrogen-bond donors (Lipinski definition) is 0. The summed E-state index contributed by atoms with van der Waals surface area (Å²) in [5.41, 5.74) is 0.599. The van der Waals surface area contributed by atoms with Crippen LogP contribution in [-0.2, 0) is 23.9 Å². The van der Waals surface area contributed by atoms with Gasteiger partial charge in [-0.3, -0.25) is 19.3 Å². The van der Waals surface area contributed by atoms with Crippen molar-refractivity contribution >= 4 is 23.5 Å². The van der Waals surface area contributed by atoms with Gasteiger partial charge in [0, 0.05) is 12.8 Å². The standard InChI is InChI=1S/C18H19NO5/c1-10(20)24-18-14-11(9-23-18)7-8-13-15(14)17(22)19(16(13)21)12-5-3-2-4-6-12/h2-6,11,13-15,18H,7-9H2,1H3/t11-,13-,14+,15-,18+/m1/s1. The second-order valence-electron chi connectivity index (χ2n) is 6.71. The molecule has 126 valence electrons. The van der Waals surface area contributed by atoms with E-state index in [1.54, 1.807) is 24.3 Å². The van der Waals surface area contributed by atoms with Crippen LogP contribution in [0.3, 0.4) is 0 Å². The van der Waals surface area contributed by atoms with Crippen LogP contribution in [0.2, 0.25) is 0 Å². The number of imide groups is 1. The third-order valence-electron chi connectivity index (χ3n) is 5.37. The second kappa shape index (κ2) is 5.70. The van der Waals surface area contributed by atoms with Crippen LogP contribution >= 0.6 is 0 Å². The molecule has 2 saturated heterocycles. The molecule has 3 aliphatic rings. The molecule has 4 rings (SSSR count). The lowest BCUT2D eigenvalue weighted by Gasteiger charge is -2.33.